The van der Waals surface area contributed by atoms with Gasteiger partial charge in [-0.05, 0) is 49.4 Å². The highest BCUT2D eigenvalue weighted by molar-refractivity contribution is 7.99. The standard InChI is InChI=1S/C28H27Cl2N5O3S/c1-19(38-25-10-6-5-9-22(25)29)27-32-33-28(35(27)21-7-3-2-4-8-21)39-18-26(36)31-20-11-12-24(23(30)17-20)34-13-15-37-16-14-34/h2-12,17,19H,13-16,18H2,1H3,(H,31,36). The second-order valence-corrected chi connectivity index (χ2v) is 10.6. The fourth-order valence-electron chi connectivity index (χ4n) is 4.21. The number of carbonyl (C=O) groups excluding carboxylic acids is 1. The van der Waals surface area contributed by atoms with Crippen LogP contribution in [0.5, 0.6) is 5.75 Å². The van der Waals surface area contributed by atoms with Crippen LogP contribution in [-0.2, 0) is 9.53 Å². The van der Waals surface area contributed by atoms with E-state index >= 15 is 0 Å². The minimum atomic E-state index is -0.451. The van der Waals surface area contributed by atoms with Crippen LogP contribution < -0.4 is 15.0 Å². The number of aromatic nitrogens is 3. The number of hydrogen-bond donors (Lipinski definition) is 1. The van der Waals surface area contributed by atoms with E-state index in [4.69, 9.17) is 32.7 Å². The van der Waals surface area contributed by atoms with Crippen molar-refractivity contribution in [1.29, 1.82) is 0 Å². The molecular weight excluding hydrogens is 557 g/mol. The van der Waals surface area contributed by atoms with Gasteiger partial charge in [0.2, 0.25) is 5.91 Å². The smallest absolute Gasteiger partial charge is 0.234 e. The van der Waals surface area contributed by atoms with Crippen molar-refractivity contribution in [3.63, 3.8) is 0 Å². The number of halogens is 2. The second-order valence-electron chi connectivity index (χ2n) is 8.80. The zero-order valence-corrected chi connectivity index (χ0v) is 23.5. The minimum absolute atomic E-state index is 0.132. The summed E-state index contributed by atoms with van der Waals surface area (Å²) in [7, 11) is 0. The molecule has 1 fully saturated rings. The maximum Gasteiger partial charge on any atom is 0.234 e. The number of benzene rings is 3. The fourth-order valence-corrected chi connectivity index (χ4v) is 5.45. The lowest BCUT2D eigenvalue weighted by Gasteiger charge is -2.29. The summed E-state index contributed by atoms with van der Waals surface area (Å²) in [6.45, 7) is 4.80. The molecule has 1 atom stereocenters. The van der Waals surface area contributed by atoms with Crippen LogP contribution in [0.4, 0.5) is 11.4 Å². The summed E-state index contributed by atoms with van der Waals surface area (Å²) in [5.74, 6) is 1.10. The fraction of sp³-hybridized carbons (Fsp3) is 0.250. The number of anilines is 2. The Bertz CT molecular complexity index is 1430. The molecule has 0 aliphatic carbocycles. The molecule has 0 spiro atoms. The van der Waals surface area contributed by atoms with Crippen molar-refractivity contribution in [2.24, 2.45) is 0 Å². The van der Waals surface area contributed by atoms with Crippen LogP contribution in [0.2, 0.25) is 10.0 Å². The molecule has 1 unspecified atom stereocenters. The predicted octanol–water partition coefficient (Wildman–Crippen LogP) is 6.28. The number of nitrogens with zero attached hydrogens (tertiary/aromatic N) is 4. The number of morpholine rings is 1. The number of amides is 1. The van der Waals surface area contributed by atoms with E-state index in [0.717, 1.165) is 24.5 Å². The van der Waals surface area contributed by atoms with Crippen LogP contribution in [-0.4, -0.2) is 52.7 Å². The Balaban J connectivity index is 1.29. The number of hydrogen-bond acceptors (Lipinski definition) is 7. The van der Waals surface area contributed by atoms with Gasteiger partial charge in [0.25, 0.3) is 0 Å². The molecule has 202 valence electrons. The molecule has 0 bridgehead atoms. The van der Waals surface area contributed by atoms with Crippen molar-refractivity contribution in [1.82, 2.24) is 14.8 Å². The van der Waals surface area contributed by atoms with Crippen LogP contribution in [0.1, 0.15) is 18.9 Å². The third-order valence-electron chi connectivity index (χ3n) is 6.09. The highest BCUT2D eigenvalue weighted by Gasteiger charge is 2.22. The zero-order valence-electron chi connectivity index (χ0n) is 21.2. The van der Waals surface area contributed by atoms with Crippen molar-refractivity contribution in [3.05, 3.63) is 88.7 Å². The number of nitrogens with one attached hydrogen (secondary N) is 1. The summed E-state index contributed by atoms with van der Waals surface area (Å²) < 4.78 is 13.4. The number of para-hydroxylation sites is 2. The first kappa shape index (κ1) is 27.3. The summed E-state index contributed by atoms with van der Waals surface area (Å²) in [4.78, 5) is 15.0. The van der Waals surface area contributed by atoms with E-state index in [1.165, 1.54) is 11.8 Å². The lowest BCUT2D eigenvalue weighted by Crippen LogP contribution is -2.36. The largest absolute Gasteiger partial charge is 0.481 e. The molecule has 1 aliphatic rings. The van der Waals surface area contributed by atoms with Gasteiger partial charge in [0.15, 0.2) is 17.1 Å². The average Bonchev–Trinajstić information content (AvgIpc) is 3.38. The Morgan fingerprint density at radius 1 is 1.03 bits per heavy atom. The second kappa shape index (κ2) is 12.7. The highest BCUT2D eigenvalue weighted by atomic mass is 35.5. The van der Waals surface area contributed by atoms with Gasteiger partial charge in [0, 0.05) is 24.5 Å². The van der Waals surface area contributed by atoms with E-state index in [0.29, 0.717) is 45.7 Å². The van der Waals surface area contributed by atoms with Crippen molar-refractivity contribution >= 4 is 52.2 Å². The van der Waals surface area contributed by atoms with Gasteiger partial charge in [-0.15, -0.1) is 10.2 Å². The molecular formula is C28H27Cl2N5O3S. The van der Waals surface area contributed by atoms with Gasteiger partial charge in [0.1, 0.15) is 5.75 Å². The Hall–Kier alpha value is -3.24. The van der Waals surface area contributed by atoms with Gasteiger partial charge in [-0.3, -0.25) is 9.36 Å². The van der Waals surface area contributed by atoms with E-state index in [-0.39, 0.29) is 11.7 Å². The van der Waals surface area contributed by atoms with Crippen LogP contribution in [0.25, 0.3) is 5.69 Å². The molecule has 0 saturated carbocycles. The predicted molar refractivity (Wildman–Crippen MR) is 156 cm³/mol. The zero-order chi connectivity index (χ0) is 27.2. The van der Waals surface area contributed by atoms with Crippen molar-refractivity contribution < 1.29 is 14.3 Å². The Kier molecular flexibility index (Phi) is 8.93. The van der Waals surface area contributed by atoms with Crippen LogP contribution in [0.3, 0.4) is 0 Å². The molecule has 11 heteroatoms. The Labute approximate surface area is 241 Å². The molecule has 1 N–H and O–H groups in total. The van der Waals surface area contributed by atoms with E-state index < -0.39 is 6.10 Å². The number of carbonyl (C=O) groups is 1. The molecule has 1 saturated heterocycles. The summed E-state index contributed by atoms with van der Waals surface area (Å²) >= 11 is 14.1. The minimum Gasteiger partial charge on any atom is -0.481 e. The first-order valence-electron chi connectivity index (χ1n) is 12.5. The summed E-state index contributed by atoms with van der Waals surface area (Å²) in [5.41, 5.74) is 2.43. The average molecular weight is 585 g/mol. The molecule has 2 heterocycles. The monoisotopic (exact) mass is 583 g/mol. The molecule has 8 nitrogen and oxygen atoms in total. The van der Waals surface area contributed by atoms with Gasteiger partial charge in [-0.2, -0.15) is 0 Å². The third-order valence-corrected chi connectivity index (χ3v) is 7.64. The van der Waals surface area contributed by atoms with Gasteiger partial charge in [-0.1, -0.05) is 65.3 Å². The number of ether oxygens (including phenoxy) is 2. The first-order chi connectivity index (χ1) is 19.0. The van der Waals surface area contributed by atoms with E-state index in [1.54, 1.807) is 12.1 Å². The van der Waals surface area contributed by atoms with Crippen LogP contribution in [0, 0.1) is 0 Å². The molecule has 0 radical (unpaired) electrons. The van der Waals surface area contributed by atoms with Crippen LogP contribution in [0.15, 0.2) is 78.0 Å². The molecule has 1 aliphatic heterocycles. The van der Waals surface area contributed by atoms with E-state index in [2.05, 4.69) is 20.4 Å². The molecule has 1 amide bonds. The maximum atomic E-state index is 12.9. The summed E-state index contributed by atoms with van der Waals surface area (Å²) in [6, 6.07) is 22.6. The van der Waals surface area contributed by atoms with Gasteiger partial charge in [0.05, 0.1) is 34.7 Å². The molecule has 5 rings (SSSR count). The van der Waals surface area contributed by atoms with Gasteiger partial charge < -0.3 is 19.7 Å². The van der Waals surface area contributed by atoms with Crippen molar-refractivity contribution in [2.75, 3.05) is 42.3 Å². The van der Waals surface area contributed by atoms with Crippen LogP contribution >= 0.6 is 35.0 Å². The van der Waals surface area contributed by atoms with Crippen molar-refractivity contribution in [3.8, 4) is 11.4 Å². The molecule has 1 aromatic heterocycles. The van der Waals surface area contributed by atoms with E-state index in [1.807, 2.05) is 72.2 Å². The maximum absolute atomic E-state index is 12.9. The topological polar surface area (TPSA) is 81.5 Å². The number of thioether (sulfide) groups is 1. The number of rotatable bonds is 9. The lowest BCUT2D eigenvalue weighted by molar-refractivity contribution is -0.113. The Morgan fingerprint density at radius 2 is 1.77 bits per heavy atom. The van der Waals surface area contributed by atoms with Gasteiger partial charge in [-0.25, -0.2) is 0 Å². The molecule has 4 aromatic rings. The van der Waals surface area contributed by atoms with Gasteiger partial charge >= 0.3 is 0 Å². The highest BCUT2D eigenvalue weighted by Crippen LogP contribution is 2.32. The molecule has 39 heavy (non-hydrogen) atoms. The third kappa shape index (κ3) is 6.67. The normalized spacial score (nSPS) is 14.2. The summed E-state index contributed by atoms with van der Waals surface area (Å²) in [5, 5.41) is 13.4. The first-order valence-corrected chi connectivity index (χ1v) is 14.2. The summed E-state index contributed by atoms with van der Waals surface area (Å²) in [6.07, 6.45) is -0.451. The van der Waals surface area contributed by atoms with Crippen molar-refractivity contribution in [2.45, 2.75) is 18.2 Å². The quantitative estimate of drug-likeness (QED) is 0.232. The van der Waals surface area contributed by atoms with E-state index in [9.17, 15) is 4.79 Å². The molecule has 3 aromatic carbocycles. The Morgan fingerprint density at radius 3 is 2.51 bits per heavy atom. The lowest BCUT2D eigenvalue weighted by atomic mass is 10.2. The SMILES string of the molecule is CC(Oc1ccccc1Cl)c1nnc(SCC(=O)Nc2ccc(N3CCOCC3)c(Cl)c2)n1-c1ccccc1.